The molecule has 0 aliphatic carbocycles. The molecule has 13 heteroatoms. The summed E-state index contributed by atoms with van der Waals surface area (Å²) in [5.41, 5.74) is 4.17. The fourth-order valence-electron chi connectivity index (χ4n) is 3.61. The van der Waals surface area contributed by atoms with Crippen molar-refractivity contribution in [1.29, 1.82) is 0 Å². The van der Waals surface area contributed by atoms with Gasteiger partial charge >= 0.3 is 18.0 Å². The molecule has 1 aromatic carbocycles. The first-order chi connectivity index (χ1) is 19.7. The molecule has 4 atom stereocenters. The number of carboxylic acids is 1. The second-order valence-corrected chi connectivity index (χ2v) is 12.5. The summed E-state index contributed by atoms with van der Waals surface area (Å²) in [6.45, 7) is 13.7. The SMILES string of the molecule is CC[C@H](C)[C@@H](NC(=O)[C@@H](Cc1ccc(OC(=O)C(C)(C)C)cc1)NC(=O)OC(C)(C)C)C(=O)N[C@H](CCC(N)=O)C(=O)O. The molecule has 13 nitrogen and oxygen atoms in total. The number of hydrogen-bond donors (Lipinski definition) is 5. The molecule has 43 heavy (non-hydrogen) atoms. The van der Waals surface area contributed by atoms with Crippen molar-refractivity contribution in [2.45, 2.75) is 105 Å². The Bertz CT molecular complexity index is 1150. The van der Waals surface area contributed by atoms with Gasteiger partial charge in [0.2, 0.25) is 17.7 Å². The molecular formula is C30H46N4O9. The van der Waals surface area contributed by atoms with E-state index < -0.39 is 70.8 Å². The van der Waals surface area contributed by atoms with Crippen molar-refractivity contribution in [2.24, 2.45) is 17.1 Å². The average Bonchev–Trinajstić information content (AvgIpc) is 2.87. The number of amides is 4. The number of nitrogens with one attached hydrogen (secondary N) is 3. The van der Waals surface area contributed by atoms with E-state index in [1.165, 1.54) is 0 Å². The second-order valence-electron chi connectivity index (χ2n) is 12.5. The third-order valence-corrected chi connectivity index (χ3v) is 6.28. The van der Waals surface area contributed by atoms with E-state index in [1.54, 1.807) is 79.7 Å². The largest absolute Gasteiger partial charge is 0.480 e. The van der Waals surface area contributed by atoms with Gasteiger partial charge in [0, 0.05) is 12.8 Å². The van der Waals surface area contributed by atoms with Crippen molar-refractivity contribution in [3.05, 3.63) is 29.8 Å². The maximum absolute atomic E-state index is 13.5. The number of benzene rings is 1. The minimum atomic E-state index is -1.40. The second kappa shape index (κ2) is 15.9. The van der Waals surface area contributed by atoms with Gasteiger partial charge in [0.25, 0.3) is 0 Å². The monoisotopic (exact) mass is 606 g/mol. The van der Waals surface area contributed by atoms with Gasteiger partial charge in [0.1, 0.15) is 29.5 Å². The zero-order valence-corrected chi connectivity index (χ0v) is 26.2. The predicted molar refractivity (Wildman–Crippen MR) is 158 cm³/mol. The number of rotatable bonds is 14. The highest BCUT2D eigenvalue weighted by molar-refractivity contribution is 5.93. The Morgan fingerprint density at radius 1 is 0.884 bits per heavy atom. The third kappa shape index (κ3) is 13.6. The summed E-state index contributed by atoms with van der Waals surface area (Å²) in [4.78, 5) is 74.4. The Hall–Kier alpha value is -4.16. The molecule has 6 N–H and O–H groups in total. The molecule has 0 saturated carbocycles. The van der Waals surface area contributed by atoms with E-state index >= 15 is 0 Å². The first kappa shape index (κ1) is 36.9. The lowest BCUT2D eigenvalue weighted by Crippen LogP contribution is -2.58. The van der Waals surface area contributed by atoms with Crippen molar-refractivity contribution in [1.82, 2.24) is 16.0 Å². The fourth-order valence-corrected chi connectivity index (χ4v) is 3.61. The molecule has 1 rings (SSSR count). The molecule has 1 aromatic rings. The molecule has 0 spiro atoms. The highest BCUT2D eigenvalue weighted by Gasteiger charge is 2.33. The predicted octanol–water partition coefficient (Wildman–Crippen LogP) is 2.44. The molecule has 0 aromatic heterocycles. The molecule has 0 bridgehead atoms. The van der Waals surface area contributed by atoms with Crippen molar-refractivity contribution in [3.8, 4) is 5.75 Å². The van der Waals surface area contributed by atoms with Crippen molar-refractivity contribution >= 4 is 35.8 Å². The molecule has 4 amide bonds. The van der Waals surface area contributed by atoms with Crippen molar-refractivity contribution < 1.29 is 43.3 Å². The summed E-state index contributed by atoms with van der Waals surface area (Å²) in [7, 11) is 0. The van der Waals surface area contributed by atoms with E-state index in [-0.39, 0.29) is 19.3 Å². The van der Waals surface area contributed by atoms with Gasteiger partial charge in [-0.1, -0.05) is 32.4 Å². The number of esters is 1. The fraction of sp³-hybridized carbons (Fsp3) is 0.600. The Morgan fingerprint density at radius 3 is 1.93 bits per heavy atom. The van der Waals surface area contributed by atoms with Crippen LogP contribution in [0.25, 0.3) is 0 Å². The molecule has 0 aliphatic rings. The summed E-state index contributed by atoms with van der Waals surface area (Å²) in [5.74, 6) is -4.08. The van der Waals surface area contributed by atoms with Crippen LogP contribution in [0, 0.1) is 11.3 Å². The van der Waals surface area contributed by atoms with E-state index in [0.29, 0.717) is 17.7 Å². The van der Waals surface area contributed by atoms with Crippen molar-refractivity contribution in [3.63, 3.8) is 0 Å². The number of aliphatic carboxylic acids is 1. The number of hydrogen-bond acceptors (Lipinski definition) is 8. The summed E-state index contributed by atoms with van der Waals surface area (Å²) < 4.78 is 10.7. The summed E-state index contributed by atoms with van der Waals surface area (Å²) in [6.07, 6.45) is -0.889. The van der Waals surface area contributed by atoms with Gasteiger partial charge in [0.15, 0.2) is 0 Å². The maximum Gasteiger partial charge on any atom is 0.408 e. The van der Waals surface area contributed by atoms with Crippen LogP contribution in [0.1, 0.15) is 80.2 Å². The first-order valence-corrected chi connectivity index (χ1v) is 14.2. The van der Waals surface area contributed by atoms with E-state index in [9.17, 15) is 33.9 Å². The molecule has 0 heterocycles. The molecular weight excluding hydrogens is 560 g/mol. The number of carbonyl (C=O) groups excluding carboxylic acids is 5. The smallest absolute Gasteiger partial charge is 0.408 e. The van der Waals surface area contributed by atoms with Gasteiger partial charge < -0.3 is 36.3 Å². The maximum atomic E-state index is 13.5. The zero-order chi connectivity index (χ0) is 33.1. The van der Waals surface area contributed by atoms with Gasteiger partial charge in [-0.25, -0.2) is 9.59 Å². The highest BCUT2D eigenvalue weighted by atomic mass is 16.6. The zero-order valence-electron chi connectivity index (χ0n) is 26.2. The highest BCUT2D eigenvalue weighted by Crippen LogP contribution is 2.20. The average molecular weight is 607 g/mol. The third-order valence-electron chi connectivity index (χ3n) is 6.28. The van der Waals surface area contributed by atoms with Crippen LogP contribution < -0.4 is 26.4 Å². The Balaban J connectivity index is 3.22. The number of alkyl carbamates (subject to hydrolysis) is 1. The Morgan fingerprint density at radius 2 is 1.47 bits per heavy atom. The minimum Gasteiger partial charge on any atom is -0.480 e. The molecule has 0 fully saturated rings. The number of primary amides is 1. The number of carboxylic acid groups (broad SMARTS) is 1. The van der Waals surface area contributed by atoms with Crippen LogP contribution in [-0.2, 0) is 35.1 Å². The van der Waals surface area contributed by atoms with Gasteiger partial charge in [-0.3, -0.25) is 19.2 Å². The van der Waals surface area contributed by atoms with Crippen LogP contribution >= 0.6 is 0 Å². The lowest BCUT2D eigenvalue weighted by Gasteiger charge is -2.28. The van der Waals surface area contributed by atoms with Gasteiger partial charge in [-0.05, 0) is 71.6 Å². The van der Waals surface area contributed by atoms with Crippen LogP contribution in [0.3, 0.4) is 0 Å². The van der Waals surface area contributed by atoms with Crippen LogP contribution in [0.2, 0.25) is 0 Å². The van der Waals surface area contributed by atoms with Crippen LogP contribution in [0.4, 0.5) is 4.79 Å². The van der Waals surface area contributed by atoms with Gasteiger partial charge in [0.05, 0.1) is 5.41 Å². The molecule has 0 radical (unpaired) electrons. The topological polar surface area (TPSA) is 203 Å². The Kier molecular flexibility index (Phi) is 13.6. The lowest BCUT2D eigenvalue weighted by atomic mass is 9.96. The summed E-state index contributed by atoms with van der Waals surface area (Å²) in [5, 5.41) is 17.1. The van der Waals surface area contributed by atoms with E-state index in [1.807, 2.05) is 0 Å². The van der Waals surface area contributed by atoms with Crippen LogP contribution in [0.5, 0.6) is 5.75 Å². The Labute approximate surface area is 252 Å². The van der Waals surface area contributed by atoms with E-state index in [4.69, 9.17) is 15.2 Å². The van der Waals surface area contributed by atoms with Crippen LogP contribution in [-0.4, -0.2) is 64.6 Å². The van der Waals surface area contributed by atoms with E-state index in [2.05, 4.69) is 16.0 Å². The molecule has 0 aliphatic heterocycles. The number of carbonyl (C=O) groups is 6. The van der Waals surface area contributed by atoms with Crippen molar-refractivity contribution in [2.75, 3.05) is 0 Å². The normalized spacial score (nSPS) is 14.3. The van der Waals surface area contributed by atoms with Crippen LogP contribution in [0.15, 0.2) is 24.3 Å². The summed E-state index contributed by atoms with van der Waals surface area (Å²) in [6, 6.07) is 2.65. The van der Waals surface area contributed by atoms with Gasteiger partial charge in [-0.15, -0.1) is 0 Å². The lowest BCUT2D eigenvalue weighted by molar-refractivity contribution is -0.143. The summed E-state index contributed by atoms with van der Waals surface area (Å²) >= 11 is 0. The number of ether oxygens (including phenoxy) is 2. The molecule has 240 valence electrons. The first-order valence-electron chi connectivity index (χ1n) is 14.2. The molecule has 0 unspecified atom stereocenters. The molecule has 0 saturated heterocycles. The quantitative estimate of drug-likeness (QED) is 0.156. The van der Waals surface area contributed by atoms with E-state index in [0.717, 1.165) is 0 Å². The number of nitrogens with two attached hydrogens (primary N) is 1. The minimum absolute atomic E-state index is 0.0101. The standard InChI is InChI=1S/C30H46N4O9/c1-9-17(2)23(25(37)32-20(26(38)39)14-15-22(31)35)34-24(36)21(33-28(41)43-30(6,7)8)16-18-10-12-19(13-11-18)42-27(40)29(3,4)5/h10-13,17,20-21,23H,9,14-16H2,1-8H3,(H2,31,35)(H,32,37)(H,33,41)(H,34,36)(H,38,39)/t17-,20+,21+,23+/m0/s1. The van der Waals surface area contributed by atoms with Gasteiger partial charge in [-0.2, -0.15) is 0 Å².